The first-order chi connectivity index (χ1) is 9.25. The summed E-state index contributed by atoms with van der Waals surface area (Å²) >= 11 is 0. The van der Waals surface area contributed by atoms with Gasteiger partial charge in [0.25, 0.3) is 0 Å². The number of rotatable bonds is 7. The molecule has 2 aliphatic heterocycles. The lowest BCUT2D eigenvalue weighted by Crippen LogP contribution is -2.45. The second-order valence-corrected chi connectivity index (χ2v) is 6.27. The Balaban J connectivity index is 1.54. The molecule has 2 unspecified atom stereocenters. The number of likely N-dealkylation sites (tertiary alicyclic amines) is 2. The van der Waals surface area contributed by atoms with Crippen molar-refractivity contribution < 1.29 is 5.11 Å². The molecule has 0 aromatic rings. The van der Waals surface area contributed by atoms with Crippen LogP contribution in [-0.2, 0) is 0 Å². The zero-order valence-corrected chi connectivity index (χ0v) is 12.5. The smallest absolute Gasteiger partial charge is 0.0791 e. The Bertz CT molecular complexity index is 238. The van der Waals surface area contributed by atoms with Crippen LogP contribution in [0, 0.1) is 0 Å². The van der Waals surface area contributed by atoms with Gasteiger partial charge in [-0.1, -0.05) is 6.42 Å². The topological polar surface area (TPSA) is 38.7 Å². The molecule has 2 saturated heterocycles. The standard InChI is InChI=1S/C15H31N3O/c1-14(18-9-3-2-4-10-18)11-16-12-15(19)13-17-7-5-6-8-17/h14-16,19H,2-13H2,1H3. The summed E-state index contributed by atoms with van der Waals surface area (Å²) in [7, 11) is 0. The van der Waals surface area contributed by atoms with Crippen LogP contribution >= 0.6 is 0 Å². The minimum Gasteiger partial charge on any atom is -0.390 e. The van der Waals surface area contributed by atoms with Gasteiger partial charge in [-0.2, -0.15) is 0 Å². The zero-order valence-electron chi connectivity index (χ0n) is 12.5. The van der Waals surface area contributed by atoms with Crippen LogP contribution in [0.1, 0.15) is 39.0 Å². The van der Waals surface area contributed by atoms with Gasteiger partial charge in [-0.3, -0.25) is 4.90 Å². The molecule has 19 heavy (non-hydrogen) atoms. The zero-order chi connectivity index (χ0) is 13.5. The molecule has 2 fully saturated rings. The van der Waals surface area contributed by atoms with Gasteiger partial charge >= 0.3 is 0 Å². The van der Waals surface area contributed by atoms with Gasteiger partial charge in [0.2, 0.25) is 0 Å². The van der Waals surface area contributed by atoms with E-state index in [0.717, 1.165) is 19.6 Å². The Hall–Kier alpha value is -0.160. The van der Waals surface area contributed by atoms with Gasteiger partial charge in [0, 0.05) is 25.7 Å². The highest BCUT2D eigenvalue weighted by Crippen LogP contribution is 2.11. The van der Waals surface area contributed by atoms with E-state index in [-0.39, 0.29) is 6.10 Å². The lowest BCUT2D eigenvalue weighted by molar-refractivity contribution is 0.117. The molecule has 0 aromatic carbocycles. The van der Waals surface area contributed by atoms with Crippen molar-refractivity contribution in [3.8, 4) is 0 Å². The number of nitrogens with one attached hydrogen (secondary N) is 1. The number of aliphatic hydroxyl groups excluding tert-OH is 1. The molecule has 2 atom stereocenters. The van der Waals surface area contributed by atoms with Crippen LogP contribution in [-0.4, -0.2) is 72.9 Å². The largest absolute Gasteiger partial charge is 0.390 e. The van der Waals surface area contributed by atoms with E-state index >= 15 is 0 Å². The van der Waals surface area contributed by atoms with E-state index < -0.39 is 0 Å². The van der Waals surface area contributed by atoms with Crippen LogP contribution in [0.25, 0.3) is 0 Å². The molecular weight excluding hydrogens is 238 g/mol. The molecular formula is C15H31N3O. The SMILES string of the molecule is CC(CNCC(O)CN1CCCC1)N1CCCCC1. The van der Waals surface area contributed by atoms with Gasteiger partial charge in [-0.05, 0) is 58.8 Å². The van der Waals surface area contributed by atoms with Crippen molar-refractivity contribution in [2.24, 2.45) is 0 Å². The summed E-state index contributed by atoms with van der Waals surface area (Å²) in [5, 5.41) is 13.5. The number of aliphatic hydroxyl groups is 1. The number of hydrogen-bond acceptors (Lipinski definition) is 4. The average Bonchev–Trinajstić information content (AvgIpc) is 2.92. The van der Waals surface area contributed by atoms with Gasteiger partial charge in [-0.15, -0.1) is 0 Å². The molecule has 2 rings (SSSR count). The van der Waals surface area contributed by atoms with E-state index in [0.29, 0.717) is 6.04 Å². The highest BCUT2D eigenvalue weighted by atomic mass is 16.3. The number of hydrogen-bond donors (Lipinski definition) is 2. The van der Waals surface area contributed by atoms with Gasteiger partial charge in [-0.25, -0.2) is 0 Å². The van der Waals surface area contributed by atoms with Crippen molar-refractivity contribution in [2.45, 2.75) is 51.2 Å². The molecule has 0 aromatic heterocycles. The summed E-state index contributed by atoms with van der Waals surface area (Å²) in [6.45, 7) is 9.70. The van der Waals surface area contributed by atoms with E-state index in [9.17, 15) is 5.11 Å². The quantitative estimate of drug-likeness (QED) is 0.720. The van der Waals surface area contributed by atoms with Crippen LogP contribution in [0.3, 0.4) is 0 Å². The third-order valence-corrected chi connectivity index (χ3v) is 4.50. The van der Waals surface area contributed by atoms with Crippen LogP contribution in [0.2, 0.25) is 0 Å². The highest BCUT2D eigenvalue weighted by Gasteiger charge is 2.18. The number of nitrogens with zero attached hydrogens (tertiary/aromatic N) is 2. The number of piperidine rings is 1. The summed E-state index contributed by atoms with van der Waals surface area (Å²) < 4.78 is 0. The fraction of sp³-hybridized carbons (Fsp3) is 1.00. The van der Waals surface area contributed by atoms with Crippen LogP contribution < -0.4 is 5.32 Å². The molecule has 4 heteroatoms. The number of β-amino-alcohol motifs (C(OH)–C–C–N with tert-alkyl or cyclic N) is 1. The van der Waals surface area contributed by atoms with E-state index in [2.05, 4.69) is 22.0 Å². The first kappa shape index (κ1) is 15.2. The van der Waals surface area contributed by atoms with Gasteiger partial charge in [0.15, 0.2) is 0 Å². The maximum atomic E-state index is 10.0. The normalized spacial score (nSPS) is 25.6. The predicted molar refractivity (Wildman–Crippen MR) is 79.4 cm³/mol. The average molecular weight is 269 g/mol. The Morgan fingerprint density at radius 2 is 1.58 bits per heavy atom. The van der Waals surface area contributed by atoms with Crippen molar-refractivity contribution in [3.63, 3.8) is 0 Å². The van der Waals surface area contributed by atoms with Crippen LogP contribution in [0.4, 0.5) is 0 Å². The van der Waals surface area contributed by atoms with Crippen molar-refractivity contribution in [2.75, 3.05) is 45.8 Å². The van der Waals surface area contributed by atoms with E-state index in [1.165, 1.54) is 58.3 Å². The monoisotopic (exact) mass is 269 g/mol. The molecule has 4 nitrogen and oxygen atoms in total. The molecule has 2 heterocycles. The predicted octanol–water partition coefficient (Wildman–Crippen LogP) is 0.907. The first-order valence-corrected chi connectivity index (χ1v) is 8.11. The molecule has 0 saturated carbocycles. The molecule has 112 valence electrons. The maximum absolute atomic E-state index is 10.0. The molecule has 0 spiro atoms. The summed E-state index contributed by atoms with van der Waals surface area (Å²) in [5.41, 5.74) is 0. The molecule has 0 amide bonds. The van der Waals surface area contributed by atoms with Gasteiger partial charge < -0.3 is 15.3 Å². The van der Waals surface area contributed by atoms with E-state index in [4.69, 9.17) is 0 Å². The third kappa shape index (κ3) is 5.38. The second-order valence-electron chi connectivity index (χ2n) is 6.27. The lowest BCUT2D eigenvalue weighted by Gasteiger charge is -2.32. The first-order valence-electron chi connectivity index (χ1n) is 8.11. The highest BCUT2D eigenvalue weighted by molar-refractivity contribution is 4.75. The molecule has 2 aliphatic rings. The van der Waals surface area contributed by atoms with Gasteiger partial charge in [0.05, 0.1) is 6.10 Å². The summed E-state index contributed by atoms with van der Waals surface area (Å²) in [6.07, 6.45) is 6.47. The molecule has 0 bridgehead atoms. The van der Waals surface area contributed by atoms with E-state index in [1.54, 1.807) is 0 Å². The molecule has 0 aliphatic carbocycles. The summed E-state index contributed by atoms with van der Waals surface area (Å²) in [5.74, 6) is 0. The molecule has 0 radical (unpaired) electrons. The third-order valence-electron chi connectivity index (χ3n) is 4.50. The summed E-state index contributed by atoms with van der Waals surface area (Å²) in [4.78, 5) is 4.95. The van der Waals surface area contributed by atoms with E-state index in [1.807, 2.05) is 0 Å². The fourth-order valence-electron chi connectivity index (χ4n) is 3.27. The Morgan fingerprint density at radius 3 is 2.26 bits per heavy atom. The molecule has 2 N–H and O–H groups in total. The van der Waals surface area contributed by atoms with Crippen molar-refractivity contribution in [1.82, 2.24) is 15.1 Å². The minimum atomic E-state index is -0.216. The Labute approximate surface area is 118 Å². The van der Waals surface area contributed by atoms with Crippen molar-refractivity contribution in [1.29, 1.82) is 0 Å². The van der Waals surface area contributed by atoms with Crippen molar-refractivity contribution in [3.05, 3.63) is 0 Å². The Kier molecular flexibility index (Phi) is 6.57. The fourth-order valence-corrected chi connectivity index (χ4v) is 3.27. The van der Waals surface area contributed by atoms with Crippen LogP contribution in [0.5, 0.6) is 0 Å². The van der Waals surface area contributed by atoms with Crippen molar-refractivity contribution >= 4 is 0 Å². The maximum Gasteiger partial charge on any atom is 0.0791 e. The van der Waals surface area contributed by atoms with Crippen LogP contribution in [0.15, 0.2) is 0 Å². The summed E-state index contributed by atoms with van der Waals surface area (Å²) in [6, 6.07) is 0.597. The minimum absolute atomic E-state index is 0.216. The Morgan fingerprint density at radius 1 is 0.947 bits per heavy atom. The lowest BCUT2D eigenvalue weighted by atomic mass is 10.1. The second kappa shape index (κ2) is 8.20. The van der Waals surface area contributed by atoms with Gasteiger partial charge in [0.1, 0.15) is 0 Å².